The quantitative estimate of drug-likeness (QED) is 0.0377. The van der Waals surface area contributed by atoms with Gasteiger partial charge in [-0.3, -0.25) is 38.4 Å². The predicted molar refractivity (Wildman–Crippen MR) is 287 cm³/mol. The standard InChI is InChI=1S/C17H31NO3.C15H27NO3.C14H25NO3.C12H19NO3/c1-3-5-7-9-11-18-14-15(13-16(18)19)17(20)21-12-10-8-6-4-2;1-3-5-7-8-9-16-12-13(11-14(16)17)15(18)19-10-6-4-2;1-3-4-5-6-7-8-9-15-11-12(10-13(15)16)14(17)18-2;1-16-12(15)9-7-11(14)13(8-9)10-5-3-2-4-6-10/h15H,3-14H2,1-2H3;13H,3-12H2,1-2H3;12H,3-11H2,1-2H3;9-10H,2-8H2,1H3. The SMILES string of the molecule is CCCCCCCCN1CC(C(=O)OC)CC1=O.CCCCCCN1CC(C(=O)OCCCC)CC1=O.CCCCCCOC(=O)C1CC(=O)N(CCCCCC)C1.COC(=O)C1CC(=O)N(C2CCCCC2)C1. The van der Waals surface area contributed by atoms with Gasteiger partial charge in [0.25, 0.3) is 0 Å². The first-order valence-electron chi connectivity index (χ1n) is 29.4. The first kappa shape index (κ1) is 65.9. The molecule has 4 amide bonds. The van der Waals surface area contributed by atoms with Gasteiger partial charge < -0.3 is 38.5 Å². The van der Waals surface area contributed by atoms with E-state index >= 15 is 0 Å². The van der Waals surface area contributed by atoms with E-state index in [9.17, 15) is 38.4 Å². The minimum atomic E-state index is -0.256. The summed E-state index contributed by atoms with van der Waals surface area (Å²) in [4.78, 5) is 101. The van der Waals surface area contributed by atoms with E-state index in [-0.39, 0.29) is 71.2 Å². The van der Waals surface area contributed by atoms with Crippen LogP contribution >= 0.6 is 0 Å². The largest absolute Gasteiger partial charge is 0.469 e. The molecule has 16 heteroatoms. The van der Waals surface area contributed by atoms with Gasteiger partial charge in [-0.15, -0.1) is 0 Å². The number of likely N-dealkylation sites (tertiary alicyclic amines) is 4. The molecule has 4 unspecified atom stereocenters. The van der Waals surface area contributed by atoms with Gasteiger partial charge in [-0.2, -0.15) is 0 Å². The molecule has 4 aliphatic heterocycles. The fourth-order valence-corrected chi connectivity index (χ4v) is 10.2. The Kier molecular flexibility index (Phi) is 35.7. The van der Waals surface area contributed by atoms with E-state index in [0.29, 0.717) is 71.1 Å². The second kappa shape index (κ2) is 40.1. The number of carbonyl (C=O) groups is 8. The zero-order valence-corrected chi connectivity index (χ0v) is 47.4. The van der Waals surface area contributed by atoms with Crippen molar-refractivity contribution in [3.8, 4) is 0 Å². The molecule has 16 nitrogen and oxygen atoms in total. The van der Waals surface area contributed by atoms with Crippen LogP contribution in [0.2, 0.25) is 0 Å². The molecule has 426 valence electrons. The van der Waals surface area contributed by atoms with Crippen molar-refractivity contribution in [3.05, 3.63) is 0 Å². The van der Waals surface area contributed by atoms with Crippen LogP contribution in [0.5, 0.6) is 0 Å². The molecule has 4 heterocycles. The molecule has 0 bridgehead atoms. The second-order valence-corrected chi connectivity index (χ2v) is 21.1. The first-order valence-corrected chi connectivity index (χ1v) is 29.4. The molecule has 0 aromatic carbocycles. The van der Waals surface area contributed by atoms with E-state index in [0.717, 1.165) is 90.3 Å². The van der Waals surface area contributed by atoms with Crippen LogP contribution in [0.25, 0.3) is 0 Å². The normalized spacial score (nSPS) is 20.6. The highest BCUT2D eigenvalue weighted by molar-refractivity contribution is 5.88. The van der Waals surface area contributed by atoms with E-state index in [1.165, 1.54) is 104 Å². The van der Waals surface area contributed by atoms with Gasteiger partial charge in [-0.25, -0.2) is 0 Å². The Balaban J connectivity index is 0.000000339. The number of esters is 4. The minimum absolute atomic E-state index is 0.0963. The molecular formula is C58H102N4O12. The van der Waals surface area contributed by atoms with Crippen molar-refractivity contribution in [1.29, 1.82) is 0 Å². The number of unbranched alkanes of at least 4 members (excludes halogenated alkanes) is 15. The number of hydrogen-bond donors (Lipinski definition) is 0. The monoisotopic (exact) mass is 1050 g/mol. The molecule has 4 atom stereocenters. The topological polar surface area (TPSA) is 186 Å². The number of methoxy groups -OCH3 is 2. The molecule has 0 radical (unpaired) electrons. The lowest BCUT2D eigenvalue weighted by Crippen LogP contribution is -2.38. The minimum Gasteiger partial charge on any atom is -0.469 e. The molecule has 0 aromatic rings. The van der Waals surface area contributed by atoms with E-state index < -0.39 is 0 Å². The maximum atomic E-state index is 11.9. The zero-order valence-electron chi connectivity index (χ0n) is 47.4. The maximum Gasteiger partial charge on any atom is 0.311 e. The smallest absolute Gasteiger partial charge is 0.311 e. The van der Waals surface area contributed by atoms with Crippen molar-refractivity contribution in [1.82, 2.24) is 19.6 Å². The lowest BCUT2D eigenvalue weighted by molar-refractivity contribution is -0.149. The van der Waals surface area contributed by atoms with Crippen LogP contribution in [0.1, 0.15) is 221 Å². The number of nitrogens with zero attached hydrogens (tertiary/aromatic N) is 4. The number of amides is 4. The van der Waals surface area contributed by atoms with Crippen LogP contribution in [0, 0.1) is 23.7 Å². The summed E-state index contributed by atoms with van der Waals surface area (Å²) in [6.45, 7) is 16.3. The molecule has 1 saturated carbocycles. The van der Waals surface area contributed by atoms with Crippen molar-refractivity contribution >= 4 is 47.5 Å². The highest BCUT2D eigenvalue weighted by atomic mass is 16.5. The lowest BCUT2D eigenvalue weighted by atomic mass is 9.94. The molecule has 5 aliphatic rings. The average Bonchev–Trinajstić information content (AvgIpc) is 4.20. The predicted octanol–water partition coefficient (Wildman–Crippen LogP) is 10.0. The fourth-order valence-electron chi connectivity index (χ4n) is 10.2. The number of rotatable bonds is 30. The summed E-state index contributed by atoms with van der Waals surface area (Å²) in [5.74, 6) is -1.41. The number of hydrogen-bond acceptors (Lipinski definition) is 12. The van der Waals surface area contributed by atoms with E-state index in [2.05, 4.69) is 39.4 Å². The molecule has 0 N–H and O–H groups in total. The van der Waals surface area contributed by atoms with Crippen molar-refractivity contribution in [2.75, 3.05) is 73.2 Å². The summed E-state index contributed by atoms with van der Waals surface area (Å²) in [6.07, 6.45) is 30.0. The maximum absolute atomic E-state index is 11.9. The van der Waals surface area contributed by atoms with Crippen molar-refractivity contribution in [2.45, 2.75) is 227 Å². The van der Waals surface area contributed by atoms with Gasteiger partial charge in [0.15, 0.2) is 0 Å². The highest BCUT2D eigenvalue weighted by Crippen LogP contribution is 2.29. The van der Waals surface area contributed by atoms with Gasteiger partial charge in [0.2, 0.25) is 23.6 Å². The van der Waals surface area contributed by atoms with Gasteiger partial charge in [0.1, 0.15) is 0 Å². The average molecular weight is 1050 g/mol. The third-order valence-corrected chi connectivity index (χ3v) is 14.9. The third-order valence-electron chi connectivity index (χ3n) is 14.9. The molecular weight excluding hydrogens is 945 g/mol. The Morgan fingerprint density at radius 1 is 0.392 bits per heavy atom. The Hall–Kier alpha value is -4.24. The summed E-state index contributed by atoms with van der Waals surface area (Å²) in [5.41, 5.74) is 0. The van der Waals surface area contributed by atoms with Gasteiger partial charge in [0, 0.05) is 77.5 Å². The molecule has 0 spiro atoms. The molecule has 0 aromatic heterocycles. The fraction of sp³-hybridized carbons (Fsp3) is 0.862. The third kappa shape index (κ3) is 26.0. The summed E-state index contributed by atoms with van der Waals surface area (Å²) >= 11 is 0. The van der Waals surface area contributed by atoms with Crippen LogP contribution in [0.15, 0.2) is 0 Å². The van der Waals surface area contributed by atoms with Gasteiger partial charge >= 0.3 is 23.9 Å². The second-order valence-electron chi connectivity index (χ2n) is 21.1. The first-order chi connectivity index (χ1) is 35.8. The van der Waals surface area contributed by atoms with Crippen LogP contribution in [0.3, 0.4) is 0 Å². The summed E-state index contributed by atoms with van der Waals surface area (Å²) in [5, 5.41) is 0. The Morgan fingerprint density at radius 3 is 1.12 bits per heavy atom. The highest BCUT2D eigenvalue weighted by Gasteiger charge is 2.39. The number of carbonyl (C=O) groups excluding carboxylic acids is 8. The summed E-state index contributed by atoms with van der Waals surface area (Å²) < 4.78 is 19.9. The van der Waals surface area contributed by atoms with Crippen molar-refractivity contribution in [2.24, 2.45) is 23.7 Å². The van der Waals surface area contributed by atoms with Crippen LogP contribution < -0.4 is 0 Å². The molecule has 5 fully saturated rings. The molecule has 5 rings (SSSR count). The van der Waals surface area contributed by atoms with E-state index in [1.807, 2.05) is 14.7 Å². The van der Waals surface area contributed by atoms with Crippen molar-refractivity contribution < 1.29 is 57.3 Å². The van der Waals surface area contributed by atoms with E-state index in [1.54, 1.807) is 4.90 Å². The van der Waals surface area contributed by atoms with Gasteiger partial charge in [-0.05, 0) is 44.9 Å². The molecule has 4 saturated heterocycles. The zero-order chi connectivity index (χ0) is 54.5. The molecule has 1 aliphatic carbocycles. The van der Waals surface area contributed by atoms with E-state index in [4.69, 9.17) is 14.2 Å². The van der Waals surface area contributed by atoms with Crippen LogP contribution in [-0.4, -0.2) is 146 Å². The van der Waals surface area contributed by atoms with Crippen molar-refractivity contribution in [3.63, 3.8) is 0 Å². The van der Waals surface area contributed by atoms with Crippen LogP contribution in [0.4, 0.5) is 0 Å². The Morgan fingerprint density at radius 2 is 0.716 bits per heavy atom. The Bertz CT molecular complexity index is 1640. The lowest BCUT2D eigenvalue weighted by Gasteiger charge is -2.31. The number of ether oxygens (including phenoxy) is 4. The Labute approximate surface area is 446 Å². The summed E-state index contributed by atoms with van der Waals surface area (Å²) in [7, 11) is 2.76. The van der Waals surface area contributed by atoms with Gasteiger partial charge in [-0.1, -0.05) is 150 Å². The van der Waals surface area contributed by atoms with Gasteiger partial charge in [0.05, 0.1) is 51.1 Å². The summed E-state index contributed by atoms with van der Waals surface area (Å²) in [6, 6.07) is 0.371. The van der Waals surface area contributed by atoms with Crippen LogP contribution in [-0.2, 0) is 57.3 Å². The molecule has 74 heavy (non-hydrogen) atoms.